The molecule has 2 aromatic heterocycles. The van der Waals surface area contributed by atoms with E-state index in [2.05, 4.69) is 15.0 Å². The van der Waals surface area contributed by atoms with E-state index in [0.29, 0.717) is 11.2 Å². The van der Waals surface area contributed by atoms with Crippen LogP contribution >= 0.6 is 13.5 Å². The minimum atomic E-state index is -1.08. The van der Waals surface area contributed by atoms with Gasteiger partial charge in [0.05, 0.1) is 12.9 Å². The van der Waals surface area contributed by atoms with Gasteiger partial charge >= 0.3 is 5.97 Å². The van der Waals surface area contributed by atoms with Crippen molar-refractivity contribution in [3.05, 3.63) is 12.7 Å². The molecule has 18 heavy (non-hydrogen) atoms. The van der Waals surface area contributed by atoms with E-state index in [1.807, 2.05) is 0 Å². The fourth-order valence-electron chi connectivity index (χ4n) is 1.32. The number of hydrogen-bond acceptors (Lipinski definition) is 6. The predicted octanol–water partition coefficient (Wildman–Crippen LogP) is -1.89. The first kappa shape index (κ1) is 16.1. The van der Waals surface area contributed by atoms with Gasteiger partial charge in [-0.25, -0.2) is 15.0 Å². The van der Waals surface area contributed by atoms with Crippen molar-refractivity contribution in [1.29, 1.82) is 0 Å². The Morgan fingerprint density at radius 3 is 2.72 bits per heavy atom. The maximum Gasteiger partial charge on any atom is 0.322 e. The zero-order chi connectivity index (χ0) is 11.7. The van der Waals surface area contributed by atoms with E-state index in [9.17, 15) is 4.79 Å². The molecule has 9 nitrogen and oxygen atoms in total. The number of aromatic nitrogens is 4. The molecule has 2 rings (SSSR count). The van der Waals surface area contributed by atoms with Crippen molar-refractivity contribution in [3.63, 3.8) is 0 Å². The van der Waals surface area contributed by atoms with Crippen molar-refractivity contribution in [1.82, 2.24) is 19.5 Å². The van der Waals surface area contributed by atoms with Gasteiger partial charge in [-0.05, 0) is 0 Å². The summed E-state index contributed by atoms with van der Waals surface area (Å²) in [6, 6.07) is -1.01. The molecular formula is C8H14N6O3S. The number of fused-ring (bicyclic) bond motifs is 1. The maximum absolute atomic E-state index is 10.6. The van der Waals surface area contributed by atoms with Crippen LogP contribution in [0.4, 0.5) is 5.82 Å². The van der Waals surface area contributed by atoms with Crippen LogP contribution in [0.3, 0.4) is 0 Å². The van der Waals surface area contributed by atoms with Crippen LogP contribution in [-0.2, 0) is 11.3 Å². The minimum Gasteiger partial charge on any atom is -0.480 e. The summed E-state index contributed by atoms with van der Waals surface area (Å²) in [6.07, 6.45) is 2.74. The number of anilines is 1. The molecule has 0 saturated heterocycles. The molecule has 2 heterocycles. The number of nitrogen functional groups attached to an aromatic ring is 1. The average Bonchev–Trinajstić information content (AvgIpc) is 2.63. The largest absolute Gasteiger partial charge is 0.480 e. The molecule has 0 saturated carbocycles. The van der Waals surface area contributed by atoms with Crippen LogP contribution in [0.15, 0.2) is 12.7 Å². The van der Waals surface area contributed by atoms with E-state index >= 15 is 0 Å². The number of hydrogen-bond donors (Lipinski definition) is 3. The second-order valence-electron chi connectivity index (χ2n) is 3.27. The highest BCUT2D eigenvalue weighted by atomic mass is 32.1. The maximum atomic E-state index is 10.6. The molecule has 1 atom stereocenters. The van der Waals surface area contributed by atoms with E-state index in [1.165, 1.54) is 17.2 Å². The van der Waals surface area contributed by atoms with E-state index in [-0.39, 0.29) is 31.3 Å². The van der Waals surface area contributed by atoms with Crippen molar-refractivity contribution in [2.75, 3.05) is 5.73 Å². The van der Waals surface area contributed by atoms with Gasteiger partial charge in [0.15, 0.2) is 11.5 Å². The number of aliphatic carboxylic acids is 1. The Kier molecular flexibility index (Phi) is 5.49. The Balaban J connectivity index is 0.00000144. The first-order chi connectivity index (χ1) is 7.59. The monoisotopic (exact) mass is 274 g/mol. The van der Waals surface area contributed by atoms with Crippen molar-refractivity contribution >= 4 is 36.4 Å². The lowest BCUT2D eigenvalue weighted by molar-refractivity contribution is -0.138. The summed E-state index contributed by atoms with van der Waals surface area (Å²) in [5, 5.41) is 8.69. The first-order valence-electron chi connectivity index (χ1n) is 4.49. The smallest absolute Gasteiger partial charge is 0.322 e. The number of nitrogens with zero attached hydrogens (tertiary/aromatic N) is 4. The Bertz CT molecular complexity index is 545. The Morgan fingerprint density at radius 2 is 2.11 bits per heavy atom. The first-order valence-corrected chi connectivity index (χ1v) is 4.49. The molecule has 7 N–H and O–H groups in total. The summed E-state index contributed by atoms with van der Waals surface area (Å²) in [5.74, 6) is -0.823. The van der Waals surface area contributed by atoms with Gasteiger partial charge in [0.25, 0.3) is 0 Å². The third kappa shape index (κ3) is 2.85. The Hall–Kier alpha value is -1.91. The summed E-state index contributed by atoms with van der Waals surface area (Å²) in [6.45, 7) is 0.0856. The summed E-state index contributed by atoms with van der Waals surface area (Å²) in [5.41, 5.74) is 11.9. The Morgan fingerprint density at radius 1 is 1.44 bits per heavy atom. The number of carboxylic acid groups (broad SMARTS) is 1. The molecule has 10 heteroatoms. The standard InChI is InChI=1S/C8H10N6O2.H2O.H2S/c9-4(8(15)16)1-14-3-13-5-6(10)11-2-12-7(5)14;;/h2-4H,1,9H2,(H,15,16)(H2,10,11,12);2*1H2. The highest BCUT2D eigenvalue weighted by molar-refractivity contribution is 7.59. The molecule has 0 spiro atoms. The summed E-state index contributed by atoms with van der Waals surface area (Å²) in [4.78, 5) is 22.4. The zero-order valence-corrected chi connectivity index (χ0v) is 10.2. The van der Waals surface area contributed by atoms with Gasteiger partial charge in [-0.1, -0.05) is 0 Å². The highest BCUT2D eigenvalue weighted by Gasteiger charge is 2.15. The van der Waals surface area contributed by atoms with Gasteiger partial charge in [0.1, 0.15) is 17.9 Å². The number of rotatable bonds is 3. The number of carboxylic acids is 1. The van der Waals surface area contributed by atoms with E-state index in [1.54, 1.807) is 0 Å². The van der Waals surface area contributed by atoms with Gasteiger partial charge in [-0.2, -0.15) is 13.5 Å². The molecular weight excluding hydrogens is 260 g/mol. The SMILES string of the molecule is Nc1ncnc2c1ncn2CC(N)C(=O)O.O.S. The third-order valence-electron chi connectivity index (χ3n) is 2.14. The molecule has 100 valence electrons. The molecule has 0 aliphatic heterocycles. The number of nitrogens with two attached hydrogens (primary N) is 2. The van der Waals surface area contributed by atoms with Crippen LogP contribution in [0.5, 0.6) is 0 Å². The van der Waals surface area contributed by atoms with Crippen LogP contribution in [0.1, 0.15) is 0 Å². The topological polar surface area (TPSA) is 164 Å². The lowest BCUT2D eigenvalue weighted by atomic mass is 10.3. The lowest BCUT2D eigenvalue weighted by Crippen LogP contribution is -2.34. The normalized spacial score (nSPS) is 11.4. The lowest BCUT2D eigenvalue weighted by Gasteiger charge is -2.07. The molecule has 0 aromatic carbocycles. The molecule has 0 radical (unpaired) electrons. The van der Waals surface area contributed by atoms with E-state index < -0.39 is 12.0 Å². The van der Waals surface area contributed by atoms with Crippen LogP contribution in [-0.4, -0.2) is 42.1 Å². The molecule has 0 fully saturated rings. The molecule has 1 unspecified atom stereocenters. The fraction of sp³-hybridized carbons (Fsp3) is 0.250. The van der Waals surface area contributed by atoms with Gasteiger partial charge in [-0.15, -0.1) is 0 Å². The predicted molar refractivity (Wildman–Crippen MR) is 69.3 cm³/mol. The number of imidazole rings is 1. The molecule has 0 aliphatic rings. The molecule has 2 aromatic rings. The molecule has 0 amide bonds. The minimum absolute atomic E-state index is 0. The summed E-state index contributed by atoms with van der Waals surface area (Å²) in [7, 11) is 0. The average molecular weight is 274 g/mol. The fourth-order valence-corrected chi connectivity index (χ4v) is 1.32. The van der Waals surface area contributed by atoms with Crippen LogP contribution in [0.2, 0.25) is 0 Å². The summed E-state index contributed by atoms with van der Waals surface area (Å²) >= 11 is 0. The Labute approximate surface area is 109 Å². The second-order valence-corrected chi connectivity index (χ2v) is 3.27. The van der Waals surface area contributed by atoms with Crippen molar-refractivity contribution < 1.29 is 15.4 Å². The van der Waals surface area contributed by atoms with Crippen molar-refractivity contribution in [2.24, 2.45) is 5.73 Å². The van der Waals surface area contributed by atoms with E-state index in [4.69, 9.17) is 16.6 Å². The van der Waals surface area contributed by atoms with Crippen molar-refractivity contribution in [3.8, 4) is 0 Å². The highest BCUT2D eigenvalue weighted by Crippen LogP contribution is 2.14. The second kappa shape index (κ2) is 6.14. The van der Waals surface area contributed by atoms with Crippen LogP contribution < -0.4 is 11.5 Å². The molecule has 0 aliphatic carbocycles. The number of carbonyl (C=O) groups is 1. The quantitative estimate of drug-likeness (QED) is 0.588. The van der Waals surface area contributed by atoms with Gasteiger partial charge in [0.2, 0.25) is 0 Å². The summed E-state index contributed by atoms with van der Waals surface area (Å²) < 4.78 is 1.53. The van der Waals surface area contributed by atoms with Crippen molar-refractivity contribution in [2.45, 2.75) is 12.6 Å². The van der Waals surface area contributed by atoms with Gasteiger partial charge < -0.3 is 26.6 Å². The zero-order valence-electron chi connectivity index (χ0n) is 9.24. The van der Waals surface area contributed by atoms with Crippen LogP contribution in [0.25, 0.3) is 11.2 Å². The third-order valence-corrected chi connectivity index (χ3v) is 2.14. The van der Waals surface area contributed by atoms with Gasteiger partial charge in [-0.3, -0.25) is 4.79 Å². The molecule has 0 bridgehead atoms. The van der Waals surface area contributed by atoms with Gasteiger partial charge in [0, 0.05) is 0 Å². The van der Waals surface area contributed by atoms with E-state index in [0.717, 1.165) is 0 Å². The van der Waals surface area contributed by atoms with Crippen LogP contribution in [0, 0.1) is 0 Å².